The van der Waals surface area contributed by atoms with Crippen molar-refractivity contribution in [1.82, 2.24) is 4.57 Å². The third kappa shape index (κ3) is 3.68. The van der Waals surface area contributed by atoms with E-state index >= 15 is 0 Å². The van der Waals surface area contributed by atoms with Crippen LogP contribution in [0.1, 0.15) is 39.3 Å². The Balaban J connectivity index is 0.00000169. The highest BCUT2D eigenvalue weighted by molar-refractivity contribution is 4.70. The Labute approximate surface area is 92.3 Å². The second-order valence-electron chi connectivity index (χ2n) is 3.43. The van der Waals surface area contributed by atoms with Gasteiger partial charge in [-0.05, 0) is 12.8 Å². The zero-order valence-corrected chi connectivity index (χ0v) is 9.74. The van der Waals surface area contributed by atoms with E-state index in [4.69, 9.17) is 5.73 Å². The SMILES string of the molecule is CCCC[n+]1ccn(C(N)CC)c1.[Cl-]. The predicted molar refractivity (Wildman–Crippen MR) is 53.1 cm³/mol. The number of rotatable bonds is 5. The van der Waals surface area contributed by atoms with E-state index in [2.05, 4.69) is 35.5 Å². The summed E-state index contributed by atoms with van der Waals surface area (Å²) >= 11 is 0. The summed E-state index contributed by atoms with van der Waals surface area (Å²) in [7, 11) is 0. The van der Waals surface area contributed by atoms with Crippen LogP contribution in [0.5, 0.6) is 0 Å². The molecular weight excluding hydrogens is 198 g/mol. The minimum absolute atomic E-state index is 0. The Morgan fingerprint density at radius 2 is 2.14 bits per heavy atom. The molecule has 1 aromatic heterocycles. The molecule has 82 valence electrons. The number of aryl methyl sites for hydroxylation is 1. The van der Waals surface area contributed by atoms with Gasteiger partial charge in [-0.2, -0.15) is 0 Å². The number of imidazole rings is 1. The average Bonchev–Trinajstić information content (AvgIpc) is 2.62. The van der Waals surface area contributed by atoms with Crippen LogP contribution < -0.4 is 22.7 Å². The van der Waals surface area contributed by atoms with Crippen LogP contribution in [0.15, 0.2) is 18.7 Å². The van der Waals surface area contributed by atoms with Crippen LogP contribution >= 0.6 is 0 Å². The first-order valence-electron chi connectivity index (χ1n) is 5.10. The van der Waals surface area contributed by atoms with Gasteiger partial charge in [-0.15, -0.1) is 0 Å². The van der Waals surface area contributed by atoms with E-state index in [1.165, 1.54) is 12.8 Å². The molecule has 0 saturated heterocycles. The quantitative estimate of drug-likeness (QED) is 0.596. The van der Waals surface area contributed by atoms with Gasteiger partial charge in [0, 0.05) is 0 Å². The first-order valence-corrected chi connectivity index (χ1v) is 5.10. The molecule has 14 heavy (non-hydrogen) atoms. The van der Waals surface area contributed by atoms with Gasteiger partial charge >= 0.3 is 0 Å². The molecule has 0 aliphatic carbocycles. The van der Waals surface area contributed by atoms with E-state index in [1.54, 1.807) is 0 Å². The summed E-state index contributed by atoms with van der Waals surface area (Å²) in [6.45, 7) is 5.40. The van der Waals surface area contributed by atoms with Crippen LogP contribution in [0.4, 0.5) is 0 Å². The van der Waals surface area contributed by atoms with E-state index in [1.807, 2.05) is 6.20 Å². The van der Waals surface area contributed by atoms with Gasteiger partial charge in [0.15, 0.2) is 0 Å². The molecule has 3 nitrogen and oxygen atoms in total. The topological polar surface area (TPSA) is 34.8 Å². The Morgan fingerprint density at radius 3 is 2.71 bits per heavy atom. The van der Waals surface area contributed by atoms with Crippen molar-refractivity contribution >= 4 is 0 Å². The number of nitrogens with zero attached hydrogens (tertiary/aromatic N) is 2. The van der Waals surface area contributed by atoms with E-state index in [0.717, 1.165) is 13.0 Å². The Kier molecular flexibility index (Phi) is 6.58. The monoisotopic (exact) mass is 217 g/mol. The van der Waals surface area contributed by atoms with Gasteiger partial charge in [-0.3, -0.25) is 5.73 Å². The summed E-state index contributed by atoms with van der Waals surface area (Å²) in [6.07, 6.45) is 9.79. The van der Waals surface area contributed by atoms with Crippen molar-refractivity contribution in [1.29, 1.82) is 0 Å². The lowest BCUT2D eigenvalue weighted by atomic mass is 10.3. The fraction of sp³-hybridized carbons (Fsp3) is 0.700. The zero-order chi connectivity index (χ0) is 9.68. The molecule has 0 spiro atoms. The Hall–Kier alpha value is -0.540. The molecule has 1 unspecified atom stereocenters. The van der Waals surface area contributed by atoms with Gasteiger partial charge in [-0.25, -0.2) is 9.13 Å². The fourth-order valence-corrected chi connectivity index (χ4v) is 1.29. The van der Waals surface area contributed by atoms with Crippen molar-refractivity contribution < 1.29 is 17.0 Å². The molecule has 0 bridgehead atoms. The van der Waals surface area contributed by atoms with Crippen molar-refractivity contribution in [3.05, 3.63) is 18.7 Å². The molecule has 0 aromatic carbocycles. The molecule has 0 aliphatic heterocycles. The van der Waals surface area contributed by atoms with Crippen LogP contribution in [0, 0.1) is 0 Å². The van der Waals surface area contributed by atoms with Crippen LogP contribution in [-0.4, -0.2) is 4.57 Å². The van der Waals surface area contributed by atoms with Crippen LogP contribution in [0.2, 0.25) is 0 Å². The van der Waals surface area contributed by atoms with Crippen molar-refractivity contribution in [2.75, 3.05) is 0 Å². The molecule has 1 rings (SSSR count). The molecule has 0 saturated carbocycles. The molecule has 0 fully saturated rings. The molecule has 0 amide bonds. The predicted octanol–water partition coefficient (Wildman–Crippen LogP) is -1.55. The van der Waals surface area contributed by atoms with Crippen molar-refractivity contribution in [2.45, 2.75) is 45.8 Å². The fourth-order valence-electron chi connectivity index (χ4n) is 1.29. The van der Waals surface area contributed by atoms with Gasteiger partial charge in [0.2, 0.25) is 6.33 Å². The lowest BCUT2D eigenvalue weighted by Gasteiger charge is -2.02. The summed E-state index contributed by atoms with van der Waals surface area (Å²) in [6, 6.07) is 0. The summed E-state index contributed by atoms with van der Waals surface area (Å²) in [5.74, 6) is 0. The number of nitrogens with two attached hydrogens (primary N) is 1. The molecule has 1 atom stereocenters. The van der Waals surface area contributed by atoms with Gasteiger partial charge in [0.05, 0.1) is 6.54 Å². The smallest absolute Gasteiger partial charge is 0.245 e. The number of halogens is 1. The van der Waals surface area contributed by atoms with Crippen LogP contribution in [-0.2, 0) is 6.54 Å². The molecule has 0 radical (unpaired) electrons. The highest BCUT2D eigenvalue weighted by Crippen LogP contribution is 2.00. The van der Waals surface area contributed by atoms with Crippen molar-refractivity contribution in [2.24, 2.45) is 5.73 Å². The largest absolute Gasteiger partial charge is 1.00 e. The van der Waals surface area contributed by atoms with E-state index in [9.17, 15) is 0 Å². The second-order valence-corrected chi connectivity index (χ2v) is 3.43. The van der Waals surface area contributed by atoms with Crippen LogP contribution in [0.3, 0.4) is 0 Å². The third-order valence-electron chi connectivity index (χ3n) is 2.28. The normalized spacial score (nSPS) is 12.2. The van der Waals surface area contributed by atoms with Gasteiger partial charge in [0.25, 0.3) is 0 Å². The highest BCUT2D eigenvalue weighted by Gasteiger charge is 2.08. The maximum atomic E-state index is 5.89. The van der Waals surface area contributed by atoms with Gasteiger partial charge < -0.3 is 12.4 Å². The summed E-state index contributed by atoms with van der Waals surface area (Å²) in [4.78, 5) is 0. The zero-order valence-electron chi connectivity index (χ0n) is 8.99. The van der Waals surface area contributed by atoms with E-state index in [0.29, 0.717) is 0 Å². The van der Waals surface area contributed by atoms with E-state index < -0.39 is 0 Å². The van der Waals surface area contributed by atoms with E-state index in [-0.39, 0.29) is 18.6 Å². The molecular formula is C10H20ClN3. The number of hydrogen-bond acceptors (Lipinski definition) is 1. The first-order chi connectivity index (χ1) is 6.27. The van der Waals surface area contributed by atoms with Crippen LogP contribution in [0.25, 0.3) is 0 Å². The molecule has 1 heterocycles. The lowest BCUT2D eigenvalue weighted by molar-refractivity contribution is -0.697. The summed E-state index contributed by atoms with van der Waals surface area (Å²) in [5, 5.41) is 0. The highest BCUT2D eigenvalue weighted by atomic mass is 35.5. The van der Waals surface area contributed by atoms with Crippen molar-refractivity contribution in [3.63, 3.8) is 0 Å². The molecule has 1 aromatic rings. The standard InChI is InChI=1S/C10H20N3.ClH/c1-3-5-6-12-7-8-13(9-12)10(11)4-2;/h7-10H,3-6,11H2,1-2H3;1H/q+1;/p-1. The number of hydrogen-bond donors (Lipinski definition) is 1. The number of unbranched alkanes of at least 4 members (excludes halogenated alkanes) is 1. The summed E-state index contributed by atoms with van der Waals surface area (Å²) < 4.78 is 4.26. The average molecular weight is 218 g/mol. The minimum atomic E-state index is 0. The van der Waals surface area contributed by atoms with Gasteiger partial charge in [0.1, 0.15) is 18.6 Å². The number of aromatic nitrogens is 2. The van der Waals surface area contributed by atoms with Gasteiger partial charge in [-0.1, -0.05) is 20.3 Å². The third-order valence-corrected chi connectivity index (χ3v) is 2.28. The Morgan fingerprint density at radius 1 is 1.43 bits per heavy atom. The van der Waals surface area contributed by atoms with Crippen molar-refractivity contribution in [3.8, 4) is 0 Å². The molecule has 4 heteroatoms. The summed E-state index contributed by atoms with van der Waals surface area (Å²) in [5.41, 5.74) is 5.89. The molecule has 2 N–H and O–H groups in total. The molecule has 0 aliphatic rings. The minimum Gasteiger partial charge on any atom is -1.00 e. The first kappa shape index (κ1) is 13.5. The maximum absolute atomic E-state index is 5.89. The maximum Gasteiger partial charge on any atom is 0.245 e. The lowest BCUT2D eigenvalue weighted by Crippen LogP contribution is -3.00. The second kappa shape index (κ2) is 6.85. The Bertz CT molecular complexity index is 247.